The van der Waals surface area contributed by atoms with Gasteiger partial charge in [-0.1, -0.05) is 18.2 Å². The van der Waals surface area contributed by atoms with Crippen LogP contribution in [-0.2, 0) is 4.79 Å². The van der Waals surface area contributed by atoms with Crippen LogP contribution in [0.4, 0.5) is 0 Å². The quantitative estimate of drug-likeness (QED) is 0.470. The maximum atomic E-state index is 12.8. The molecule has 0 bridgehead atoms. The molecule has 1 saturated heterocycles. The van der Waals surface area contributed by atoms with E-state index in [9.17, 15) is 9.59 Å². The van der Waals surface area contributed by atoms with E-state index in [1.54, 1.807) is 11.8 Å². The smallest absolute Gasteiger partial charge is 0.223 e. The summed E-state index contributed by atoms with van der Waals surface area (Å²) in [6.45, 7) is 0.696. The molecule has 1 amide bonds. The van der Waals surface area contributed by atoms with Crippen molar-refractivity contribution in [3.8, 4) is 0 Å². The standard InChI is InChI=1S/C21H22N4O2S/c1-28-16-9-7-15(8-10-16)18(26)11-12-20(27)24-14-4-5-17(24)21-23-22-19-6-2-3-13-25(19)21/h2-3,6-10,13,17H,4-5,11-12,14H2,1H3/t17-/m0/s1. The average molecular weight is 394 g/mol. The molecule has 0 spiro atoms. The highest BCUT2D eigenvalue weighted by molar-refractivity contribution is 7.98. The number of fused-ring (bicyclic) bond motifs is 1. The van der Waals surface area contributed by atoms with Gasteiger partial charge in [-0.15, -0.1) is 22.0 Å². The van der Waals surface area contributed by atoms with Crippen molar-refractivity contribution in [3.63, 3.8) is 0 Å². The normalized spacial score (nSPS) is 16.6. The molecule has 1 fully saturated rings. The molecule has 1 aromatic carbocycles. The van der Waals surface area contributed by atoms with Gasteiger partial charge < -0.3 is 4.90 Å². The second-order valence-corrected chi connectivity index (χ2v) is 7.76. The molecule has 144 valence electrons. The predicted octanol–water partition coefficient (Wildman–Crippen LogP) is 3.78. The van der Waals surface area contributed by atoms with Crippen molar-refractivity contribution < 1.29 is 9.59 Å². The zero-order chi connectivity index (χ0) is 19.5. The first-order valence-corrected chi connectivity index (χ1v) is 10.7. The lowest BCUT2D eigenvalue weighted by Gasteiger charge is -2.23. The van der Waals surface area contributed by atoms with Crippen LogP contribution in [0.5, 0.6) is 0 Å². The summed E-state index contributed by atoms with van der Waals surface area (Å²) in [5, 5.41) is 8.52. The number of nitrogens with zero attached hydrogens (tertiary/aromatic N) is 4. The first-order chi connectivity index (χ1) is 13.7. The lowest BCUT2D eigenvalue weighted by atomic mass is 10.1. The highest BCUT2D eigenvalue weighted by Crippen LogP contribution is 2.31. The van der Waals surface area contributed by atoms with Crippen molar-refractivity contribution in [2.45, 2.75) is 36.6 Å². The Morgan fingerprint density at radius 2 is 1.93 bits per heavy atom. The molecule has 4 rings (SSSR count). The van der Waals surface area contributed by atoms with Crippen molar-refractivity contribution in [2.24, 2.45) is 0 Å². The van der Waals surface area contributed by atoms with Crippen LogP contribution in [-0.4, -0.2) is 44.0 Å². The number of likely N-dealkylation sites (tertiary alicyclic amines) is 1. The van der Waals surface area contributed by atoms with E-state index in [4.69, 9.17) is 0 Å². The zero-order valence-corrected chi connectivity index (χ0v) is 16.6. The number of benzene rings is 1. The topological polar surface area (TPSA) is 67.6 Å². The Morgan fingerprint density at radius 1 is 1.11 bits per heavy atom. The third-order valence-electron chi connectivity index (χ3n) is 5.19. The van der Waals surface area contributed by atoms with Crippen LogP contribution in [0.2, 0.25) is 0 Å². The molecular formula is C21H22N4O2S. The molecule has 6 nitrogen and oxygen atoms in total. The van der Waals surface area contributed by atoms with Crippen molar-refractivity contribution in [3.05, 3.63) is 60.0 Å². The Labute approximate surface area is 167 Å². The molecule has 3 aromatic rings. The molecule has 7 heteroatoms. The van der Waals surface area contributed by atoms with Gasteiger partial charge in [0.05, 0.1) is 6.04 Å². The third-order valence-corrected chi connectivity index (χ3v) is 5.93. The Morgan fingerprint density at radius 3 is 2.71 bits per heavy atom. The van der Waals surface area contributed by atoms with Crippen LogP contribution in [0, 0.1) is 0 Å². The number of carbonyl (C=O) groups excluding carboxylic acids is 2. The molecule has 0 N–H and O–H groups in total. The number of Topliss-reactive ketones (excluding diaryl/α,β-unsaturated/α-hetero) is 1. The minimum Gasteiger partial charge on any atom is -0.332 e. The van der Waals surface area contributed by atoms with E-state index in [0.717, 1.165) is 29.2 Å². The third kappa shape index (κ3) is 3.67. The molecule has 1 atom stereocenters. The number of hydrogen-bond acceptors (Lipinski definition) is 5. The molecular weight excluding hydrogens is 372 g/mol. The van der Waals surface area contributed by atoms with Gasteiger partial charge in [0.1, 0.15) is 0 Å². The Bertz CT molecular complexity index is 999. The van der Waals surface area contributed by atoms with Crippen LogP contribution < -0.4 is 0 Å². The van der Waals surface area contributed by atoms with Crippen LogP contribution in [0.3, 0.4) is 0 Å². The van der Waals surface area contributed by atoms with Crippen LogP contribution in [0.1, 0.15) is 47.9 Å². The lowest BCUT2D eigenvalue weighted by molar-refractivity contribution is -0.132. The number of hydrogen-bond donors (Lipinski definition) is 0. The average Bonchev–Trinajstić information content (AvgIpc) is 3.38. The second kappa shape index (κ2) is 8.14. The molecule has 0 aliphatic carbocycles. The van der Waals surface area contributed by atoms with E-state index in [1.165, 1.54) is 0 Å². The molecule has 1 aliphatic heterocycles. The van der Waals surface area contributed by atoms with Gasteiger partial charge in [-0.2, -0.15) is 0 Å². The summed E-state index contributed by atoms with van der Waals surface area (Å²) in [5.41, 5.74) is 1.44. The number of carbonyl (C=O) groups is 2. The van der Waals surface area contributed by atoms with E-state index in [-0.39, 0.29) is 30.6 Å². The van der Waals surface area contributed by atoms with Gasteiger partial charge in [0, 0.05) is 36.0 Å². The van der Waals surface area contributed by atoms with Crippen molar-refractivity contribution in [1.82, 2.24) is 19.5 Å². The summed E-state index contributed by atoms with van der Waals surface area (Å²) in [7, 11) is 0. The van der Waals surface area contributed by atoms with Crippen LogP contribution >= 0.6 is 11.8 Å². The highest BCUT2D eigenvalue weighted by atomic mass is 32.2. The summed E-state index contributed by atoms with van der Waals surface area (Å²) in [6.07, 6.45) is 6.17. The fourth-order valence-electron chi connectivity index (χ4n) is 3.71. The van der Waals surface area contributed by atoms with Crippen molar-refractivity contribution in [2.75, 3.05) is 12.8 Å². The Hall–Kier alpha value is -2.67. The van der Waals surface area contributed by atoms with Gasteiger partial charge in [0.25, 0.3) is 0 Å². The molecule has 0 saturated carbocycles. The number of pyridine rings is 1. The SMILES string of the molecule is CSc1ccc(C(=O)CCC(=O)N2CCC[C@H]2c2nnc3ccccn23)cc1. The molecule has 2 aromatic heterocycles. The molecule has 0 radical (unpaired) electrons. The summed E-state index contributed by atoms with van der Waals surface area (Å²) in [6, 6.07) is 13.2. The van der Waals surface area contributed by atoms with Gasteiger partial charge in [-0.3, -0.25) is 14.0 Å². The molecule has 3 heterocycles. The zero-order valence-electron chi connectivity index (χ0n) is 15.7. The Kier molecular flexibility index (Phi) is 5.43. The first kappa shape index (κ1) is 18.7. The predicted molar refractivity (Wildman–Crippen MR) is 108 cm³/mol. The fraction of sp³-hybridized carbons (Fsp3) is 0.333. The summed E-state index contributed by atoms with van der Waals surface area (Å²) >= 11 is 1.64. The van der Waals surface area contributed by atoms with Crippen molar-refractivity contribution >= 4 is 29.1 Å². The highest BCUT2D eigenvalue weighted by Gasteiger charge is 2.33. The minimum absolute atomic E-state index is 0.00395. The second-order valence-electron chi connectivity index (χ2n) is 6.88. The van der Waals surface area contributed by atoms with Gasteiger partial charge in [-0.05, 0) is 43.4 Å². The van der Waals surface area contributed by atoms with Crippen molar-refractivity contribution in [1.29, 1.82) is 0 Å². The van der Waals surface area contributed by atoms with E-state index in [0.29, 0.717) is 12.1 Å². The number of aromatic nitrogens is 3. The van der Waals surface area contributed by atoms with E-state index in [2.05, 4.69) is 10.2 Å². The van der Waals surface area contributed by atoms with Gasteiger partial charge in [-0.25, -0.2) is 0 Å². The lowest BCUT2D eigenvalue weighted by Crippen LogP contribution is -2.31. The van der Waals surface area contributed by atoms with Gasteiger partial charge >= 0.3 is 0 Å². The molecule has 1 aliphatic rings. The van der Waals surface area contributed by atoms with Gasteiger partial charge in [0.15, 0.2) is 17.3 Å². The van der Waals surface area contributed by atoms with Crippen LogP contribution in [0.25, 0.3) is 5.65 Å². The van der Waals surface area contributed by atoms with Gasteiger partial charge in [0.2, 0.25) is 5.91 Å². The summed E-state index contributed by atoms with van der Waals surface area (Å²) in [4.78, 5) is 28.3. The summed E-state index contributed by atoms with van der Waals surface area (Å²) in [5.74, 6) is 0.800. The largest absolute Gasteiger partial charge is 0.332 e. The number of rotatable bonds is 6. The maximum absolute atomic E-state index is 12.8. The first-order valence-electron chi connectivity index (χ1n) is 9.44. The van der Waals surface area contributed by atoms with E-state index < -0.39 is 0 Å². The number of ketones is 1. The van der Waals surface area contributed by atoms with E-state index in [1.807, 2.05) is 64.2 Å². The van der Waals surface area contributed by atoms with Crippen LogP contribution in [0.15, 0.2) is 53.6 Å². The number of amides is 1. The minimum atomic E-state index is -0.0825. The fourth-order valence-corrected chi connectivity index (χ4v) is 4.11. The number of thioether (sulfide) groups is 1. The monoisotopic (exact) mass is 394 g/mol. The van der Waals surface area contributed by atoms with E-state index >= 15 is 0 Å². The Balaban J connectivity index is 1.43. The summed E-state index contributed by atoms with van der Waals surface area (Å²) < 4.78 is 1.94. The molecule has 0 unspecified atom stereocenters. The maximum Gasteiger partial charge on any atom is 0.223 e. The molecule has 28 heavy (non-hydrogen) atoms.